The Morgan fingerprint density at radius 2 is 2.08 bits per heavy atom. The standard InChI is InChI=1S/C10H16N2/c1-10(2)6-3-8(10)7(5-11)9(12)4-6/h6-9H,3-4,12H2,1-2H3/t6-,7-,8+,9-/m1/s1. The van der Waals surface area contributed by atoms with Crippen LogP contribution in [0.4, 0.5) is 0 Å². The van der Waals surface area contributed by atoms with Gasteiger partial charge in [0, 0.05) is 6.04 Å². The maximum Gasteiger partial charge on any atom is 0.0675 e. The summed E-state index contributed by atoms with van der Waals surface area (Å²) in [7, 11) is 0. The summed E-state index contributed by atoms with van der Waals surface area (Å²) in [5.41, 5.74) is 6.29. The van der Waals surface area contributed by atoms with Gasteiger partial charge in [0.1, 0.15) is 0 Å². The van der Waals surface area contributed by atoms with Crippen LogP contribution in [0.25, 0.3) is 0 Å². The molecule has 3 aliphatic rings. The third-order valence-electron chi connectivity index (χ3n) is 4.15. The fourth-order valence-corrected chi connectivity index (χ4v) is 3.02. The van der Waals surface area contributed by atoms with E-state index in [-0.39, 0.29) is 12.0 Å². The van der Waals surface area contributed by atoms with Gasteiger partial charge in [-0.05, 0) is 30.1 Å². The second kappa shape index (κ2) is 2.23. The Bertz CT molecular complexity index is 239. The molecule has 66 valence electrons. The molecule has 3 fully saturated rings. The van der Waals surface area contributed by atoms with Crippen molar-refractivity contribution in [3.63, 3.8) is 0 Å². The third kappa shape index (κ3) is 0.778. The average Bonchev–Trinajstić information content (AvgIpc) is 2.03. The summed E-state index contributed by atoms with van der Waals surface area (Å²) >= 11 is 0. The largest absolute Gasteiger partial charge is 0.326 e. The zero-order valence-electron chi connectivity index (χ0n) is 7.75. The molecule has 0 aromatic heterocycles. The Morgan fingerprint density at radius 1 is 1.42 bits per heavy atom. The molecular formula is C10H16N2. The first kappa shape index (κ1) is 8.07. The van der Waals surface area contributed by atoms with Gasteiger partial charge in [0.2, 0.25) is 0 Å². The van der Waals surface area contributed by atoms with Crippen LogP contribution in [0.15, 0.2) is 0 Å². The molecule has 3 rings (SSSR count). The van der Waals surface area contributed by atoms with E-state index in [9.17, 15) is 0 Å². The molecule has 2 heteroatoms. The summed E-state index contributed by atoms with van der Waals surface area (Å²) in [4.78, 5) is 0. The Morgan fingerprint density at radius 3 is 2.50 bits per heavy atom. The highest BCUT2D eigenvalue weighted by molar-refractivity contribution is 5.13. The van der Waals surface area contributed by atoms with Crippen molar-refractivity contribution in [1.29, 1.82) is 5.26 Å². The number of rotatable bonds is 0. The van der Waals surface area contributed by atoms with E-state index < -0.39 is 0 Å². The van der Waals surface area contributed by atoms with E-state index in [2.05, 4.69) is 19.9 Å². The average molecular weight is 164 g/mol. The van der Waals surface area contributed by atoms with E-state index in [0.717, 1.165) is 12.3 Å². The molecule has 2 N–H and O–H groups in total. The zero-order valence-corrected chi connectivity index (χ0v) is 7.75. The molecule has 12 heavy (non-hydrogen) atoms. The highest BCUT2D eigenvalue weighted by Crippen LogP contribution is 2.60. The topological polar surface area (TPSA) is 49.8 Å². The molecule has 0 aromatic carbocycles. The van der Waals surface area contributed by atoms with E-state index in [1.807, 2.05) is 0 Å². The number of hydrogen-bond acceptors (Lipinski definition) is 2. The minimum Gasteiger partial charge on any atom is -0.326 e. The van der Waals surface area contributed by atoms with Crippen molar-refractivity contribution in [2.75, 3.05) is 0 Å². The van der Waals surface area contributed by atoms with Crippen LogP contribution >= 0.6 is 0 Å². The highest BCUT2D eigenvalue weighted by atomic mass is 14.7. The predicted octanol–water partition coefficient (Wildman–Crippen LogP) is 1.52. The molecule has 0 unspecified atom stereocenters. The van der Waals surface area contributed by atoms with Crippen molar-refractivity contribution in [3.05, 3.63) is 0 Å². The van der Waals surface area contributed by atoms with Crippen LogP contribution in [0.3, 0.4) is 0 Å². The number of nitrogens with two attached hydrogens (primary N) is 1. The zero-order chi connectivity index (χ0) is 8.93. The van der Waals surface area contributed by atoms with Gasteiger partial charge in [0.25, 0.3) is 0 Å². The van der Waals surface area contributed by atoms with Crippen molar-refractivity contribution in [2.45, 2.75) is 32.7 Å². The first-order chi connectivity index (χ1) is 5.57. The van der Waals surface area contributed by atoms with Crippen LogP contribution in [0.5, 0.6) is 0 Å². The summed E-state index contributed by atoms with van der Waals surface area (Å²) in [6, 6.07) is 2.52. The van der Waals surface area contributed by atoms with Gasteiger partial charge in [-0.15, -0.1) is 0 Å². The lowest BCUT2D eigenvalue weighted by atomic mass is 9.45. The van der Waals surface area contributed by atoms with Crippen molar-refractivity contribution >= 4 is 0 Å². The van der Waals surface area contributed by atoms with Crippen molar-refractivity contribution < 1.29 is 0 Å². The fourth-order valence-electron chi connectivity index (χ4n) is 3.02. The minimum atomic E-state index is 0.116. The molecule has 4 atom stereocenters. The smallest absolute Gasteiger partial charge is 0.0675 e. The number of nitriles is 1. The van der Waals surface area contributed by atoms with Crippen LogP contribution in [-0.2, 0) is 0 Å². The van der Waals surface area contributed by atoms with Gasteiger partial charge < -0.3 is 5.73 Å². The van der Waals surface area contributed by atoms with Gasteiger partial charge in [0.15, 0.2) is 0 Å². The maximum atomic E-state index is 8.96. The normalized spacial score (nSPS) is 49.2. The van der Waals surface area contributed by atoms with Crippen LogP contribution < -0.4 is 5.73 Å². The Kier molecular flexibility index (Phi) is 1.50. The van der Waals surface area contributed by atoms with Crippen LogP contribution in [-0.4, -0.2) is 6.04 Å². The molecule has 0 aliphatic heterocycles. The lowest BCUT2D eigenvalue weighted by Gasteiger charge is -2.60. The van der Waals surface area contributed by atoms with Gasteiger partial charge in [-0.25, -0.2) is 0 Å². The molecule has 0 aromatic rings. The summed E-state index contributed by atoms with van der Waals surface area (Å²) in [6.45, 7) is 4.56. The number of fused-ring (bicyclic) bond motifs is 2. The first-order valence-electron chi connectivity index (χ1n) is 4.72. The summed E-state index contributed by atoms with van der Waals surface area (Å²) in [5, 5.41) is 8.96. The monoisotopic (exact) mass is 164 g/mol. The van der Waals surface area contributed by atoms with Gasteiger partial charge in [0.05, 0.1) is 12.0 Å². The fraction of sp³-hybridized carbons (Fsp3) is 0.900. The summed E-state index contributed by atoms with van der Waals surface area (Å²) in [6.07, 6.45) is 2.29. The highest BCUT2D eigenvalue weighted by Gasteiger charge is 2.57. The Labute approximate surface area is 73.7 Å². The molecule has 2 bridgehead atoms. The first-order valence-corrected chi connectivity index (χ1v) is 4.72. The van der Waals surface area contributed by atoms with Crippen LogP contribution in [0.1, 0.15) is 26.7 Å². The summed E-state index contributed by atoms with van der Waals surface area (Å²) in [5.74, 6) is 1.46. The van der Waals surface area contributed by atoms with Gasteiger partial charge in [-0.2, -0.15) is 5.26 Å². The molecular weight excluding hydrogens is 148 g/mol. The maximum absolute atomic E-state index is 8.96. The van der Waals surface area contributed by atoms with E-state index in [1.54, 1.807) is 0 Å². The van der Waals surface area contributed by atoms with Gasteiger partial charge in [-0.3, -0.25) is 0 Å². The molecule has 0 radical (unpaired) electrons. The molecule has 0 amide bonds. The van der Waals surface area contributed by atoms with Crippen LogP contribution in [0, 0.1) is 34.5 Å². The SMILES string of the molecule is CC1(C)[C@H]2C[C@@H](N)[C@H](C#N)[C@@H]1C2. The van der Waals surface area contributed by atoms with E-state index in [1.165, 1.54) is 6.42 Å². The van der Waals surface area contributed by atoms with E-state index in [0.29, 0.717) is 11.3 Å². The van der Waals surface area contributed by atoms with Gasteiger partial charge >= 0.3 is 0 Å². The predicted molar refractivity (Wildman–Crippen MR) is 47.1 cm³/mol. The van der Waals surface area contributed by atoms with Crippen molar-refractivity contribution in [1.82, 2.24) is 0 Å². The quantitative estimate of drug-likeness (QED) is 0.590. The third-order valence-corrected chi connectivity index (χ3v) is 4.15. The van der Waals surface area contributed by atoms with Gasteiger partial charge in [-0.1, -0.05) is 13.8 Å². The second-order valence-electron chi connectivity index (χ2n) is 4.91. The second-order valence-corrected chi connectivity index (χ2v) is 4.91. The molecule has 0 heterocycles. The number of nitrogens with zero attached hydrogens (tertiary/aromatic N) is 1. The Balaban J connectivity index is 2.22. The number of hydrogen-bond donors (Lipinski definition) is 1. The molecule has 0 spiro atoms. The van der Waals surface area contributed by atoms with Crippen molar-refractivity contribution in [3.8, 4) is 6.07 Å². The minimum absolute atomic E-state index is 0.116. The van der Waals surface area contributed by atoms with Crippen LogP contribution in [0.2, 0.25) is 0 Å². The molecule has 3 aliphatic carbocycles. The molecule has 3 saturated carbocycles. The van der Waals surface area contributed by atoms with Crippen molar-refractivity contribution in [2.24, 2.45) is 28.9 Å². The Hall–Kier alpha value is -0.550. The lowest BCUT2D eigenvalue weighted by Crippen LogP contribution is -2.59. The van der Waals surface area contributed by atoms with E-state index >= 15 is 0 Å². The lowest BCUT2D eigenvalue weighted by molar-refractivity contribution is -0.0972. The molecule has 0 saturated heterocycles. The summed E-state index contributed by atoms with van der Waals surface area (Å²) < 4.78 is 0. The van der Waals surface area contributed by atoms with E-state index in [4.69, 9.17) is 11.0 Å². The molecule has 2 nitrogen and oxygen atoms in total.